The third kappa shape index (κ3) is 3.02. The average molecular weight is 400 g/mol. The Labute approximate surface area is 157 Å². The van der Waals surface area contributed by atoms with Crippen molar-refractivity contribution in [3.05, 3.63) is 64.1 Å². The number of anilines is 1. The van der Waals surface area contributed by atoms with Crippen LogP contribution in [0.1, 0.15) is 36.8 Å². The van der Waals surface area contributed by atoms with Crippen molar-refractivity contribution in [3.8, 4) is 0 Å². The zero-order chi connectivity index (χ0) is 17.4. The van der Waals surface area contributed by atoms with Gasteiger partial charge in [0.15, 0.2) is 6.54 Å². The standard InChI is InChI=1S/C21H24BrN2O/c1-16-6-12-19(13-7-16)23-15-21(25,17-8-10-18(22)11-9-17)24-14-4-2-3-5-20(23)24/h6-13,25H,2-5,14-15H2,1H3/q+1/t21-/m0/s1. The Morgan fingerprint density at radius 3 is 2.44 bits per heavy atom. The van der Waals surface area contributed by atoms with Crippen LogP contribution < -0.4 is 4.90 Å². The summed E-state index contributed by atoms with van der Waals surface area (Å²) in [5, 5.41) is 11.7. The minimum Gasteiger partial charge on any atom is -0.346 e. The molecule has 0 unspecified atom stereocenters. The van der Waals surface area contributed by atoms with Crippen LogP contribution in [0.2, 0.25) is 0 Å². The molecule has 0 saturated carbocycles. The molecule has 0 amide bonds. The summed E-state index contributed by atoms with van der Waals surface area (Å²) < 4.78 is 3.27. The molecule has 2 aliphatic heterocycles. The molecule has 0 aromatic heterocycles. The van der Waals surface area contributed by atoms with Crippen LogP contribution in [0.4, 0.5) is 5.69 Å². The highest BCUT2D eigenvalue weighted by molar-refractivity contribution is 9.10. The largest absolute Gasteiger partial charge is 0.346 e. The number of hydrogen-bond donors (Lipinski definition) is 1. The Hall–Kier alpha value is -1.65. The number of rotatable bonds is 2. The molecule has 25 heavy (non-hydrogen) atoms. The molecule has 0 saturated heterocycles. The molecule has 4 rings (SSSR count). The molecule has 4 heteroatoms. The molecule has 130 valence electrons. The molecule has 1 N–H and O–H groups in total. The lowest BCUT2D eigenvalue weighted by atomic mass is 10.0. The van der Waals surface area contributed by atoms with Gasteiger partial charge in [-0.1, -0.05) is 45.8 Å². The van der Waals surface area contributed by atoms with Crippen molar-refractivity contribution in [3.63, 3.8) is 0 Å². The number of aliphatic hydroxyl groups is 1. The first-order valence-electron chi connectivity index (χ1n) is 9.04. The van der Waals surface area contributed by atoms with Gasteiger partial charge in [0, 0.05) is 16.5 Å². The first-order chi connectivity index (χ1) is 12.1. The van der Waals surface area contributed by atoms with Crippen molar-refractivity contribution in [2.45, 2.75) is 38.3 Å². The van der Waals surface area contributed by atoms with E-state index in [0.29, 0.717) is 6.54 Å². The van der Waals surface area contributed by atoms with E-state index in [1.807, 2.05) is 24.3 Å². The summed E-state index contributed by atoms with van der Waals surface area (Å²) in [5.74, 6) is 1.26. The Kier molecular flexibility index (Phi) is 4.42. The van der Waals surface area contributed by atoms with Crippen molar-refractivity contribution < 1.29 is 9.68 Å². The Morgan fingerprint density at radius 1 is 1.00 bits per heavy atom. The first-order valence-corrected chi connectivity index (χ1v) is 9.83. The number of benzene rings is 2. The highest BCUT2D eigenvalue weighted by Gasteiger charge is 2.51. The molecule has 0 aliphatic carbocycles. The highest BCUT2D eigenvalue weighted by atomic mass is 79.9. The van der Waals surface area contributed by atoms with E-state index in [-0.39, 0.29) is 0 Å². The Balaban J connectivity index is 1.79. The second-order valence-corrected chi connectivity index (χ2v) is 8.04. The monoisotopic (exact) mass is 399 g/mol. The van der Waals surface area contributed by atoms with E-state index in [2.05, 4.69) is 56.6 Å². The van der Waals surface area contributed by atoms with E-state index in [0.717, 1.165) is 29.4 Å². The van der Waals surface area contributed by atoms with Crippen molar-refractivity contribution >= 4 is 27.5 Å². The summed E-state index contributed by atoms with van der Waals surface area (Å²) in [7, 11) is 0. The lowest BCUT2D eigenvalue weighted by molar-refractivity contribution is -0.658. The summed E-state index contributed by atoms with van der Waals surface area (Å²) >= 11 is 3.50. The number of halogens is 1. The van der Waals surface area contributed by atoms with Gasteiger partial charge >= 0.3 is 0 Å². The van der Waals surface area contributed by atoms with E-state index in [1.165, 1.54) is 29.9 Å². The number of aryl methyl sites for hydroxylation is 1. The normalized spacial score (nSPS) is 23.6. The lowest BCUT2D eigenvalue weighted by Crippen LogP contribution is -2.41. The summed E-state index contributed by atoms with van der Waals surface area (Å²) in [6, 6.07) is 16.7. The second kappa shape index (κ2) is 6.58. The van der Waals surface area contributed by atoms with Gasteiger partial charge in [0.1, 0.15) is 5.69 Å². The average Bonchev–Trinajstić information content (AvgIpc) is 2.78. The van der Waals surface area contributed by atoms with Crippen LogP contribution in [0, 0.1) is 6.92 Å². The molecule has 1 atom stereocenters. The molecule has 2 aliphatic rings. The maximum atomic E-state index is 11.7. The van der Waals surface area contributed by atoms with Gasteiger partial charge in [-0.2, -0.15) is 0 Å². The minimum atomic E-state index is -0.967. The van der Waals surface area contributed by atoms with Crippen molar-refractivity contribution in [1.29, 1.82) is 0 Å². The van der Waals surface area contributed by atoms with E-state index >= 15 is 0 Å². The number of β-amino-alcohol motifs (C(OH)–C–C–N with tert-alkyl or cyclic N) is 1. The maximum Gasteiger partial charge on any atom is 0.271 e. The fourth-order valence-electron chi connectivity index (χ4n) is 4.00. The Bertz CT molecular complexity index is 798. The molecular weight excluding hydrogens is 376 g/mol. The van der Waals surface area contributed by atoms with Gasteiger partial charge < -0.3 is 5.11 Å². The fraction of sp³-hybridized carbons (Fsp3) is 0.381. The summed E-state index contributed by atoms with van der Waals surface area (Å²) in [5.41, 5.74) is 2.42. The molecule has 2 aromatic carbocycles. The van der Waals surface area contributed by atoms with Crippen molar-refractivity contribution in [2.24, 2.45) is 0 Å². The van der Waals surface area contributed by atoms with E-state index < -0.39 is 5.72 Å². The minimum absolute atomic E-state index is 0.576. The third-order valence-electron chi connectivity index (χ3n) is 5.38. The second-order valence-electron chi connectivity index (χ2n) is 7.12. The van der Waals surface area contributed by atoms with Gasteiger partial charge in [-0.3, -0.25) is 0 Å². The van der Waals surface area contributed by atoms with Crippen LogP contribution in [0.25, 0.3) is 0 Å². The van der Waals surface area contributed by atoms with Crippen molar-refractivity contribution in [1.82, 2.24) is 0 Å². The van der Waals surface area contributed by atoms with E-state index in [1.54, 1.807) is 0 Å². The molecule has 0 spiro atoms. The quantitative estimate of drug-likeness (QED) is 0.756. The molecular formula is C21H24BrN2O+. The van der Waals surface area contributed by atoms with Crippen LogP contribution in [0.5, 0.6) is 0 Å². The van der Waals surface area contributed by atoms with Crippen LogP contribution in [-0.4, -0.2) is 28.6 Å². The summed E-state index contributed by atoms with van der Waals surface area (Å²) in [4.78, 5) is 2.31. The fourth-order valence-corrected chi connectivity index (χ4v) is 4.26. The van der Waals surface area contributed by atoms with Gasteiger partial charge in [0.05, 0.1) is 6.54 Å². The predicted molar refractivity (Wildman–Crippen MR) is 105 cm³/mol. The van der Waals surface area contributed by atoms with Gasteiger partial charge in [-0.05, 0) is 50.5 Å². The van der Waals surface area contributed by atoms with Gasteiger partial charge in [0.25, 0.3) is 11.6 Å². The van der Waals surface area contributed by atoms with Crippen LogP contribution in [-0.2, 0) is 5.72 Å². The molecule has 0 fully saturated rings. The van der Waals surface area contributed by atoms with E-state index in [9.17, 15) is 5.11 Å². The number of hydrogen-bond acceptors (Lipinski definition) is 2. The highest BCUT2D eigenvalue weighted by Crippen LogP contribution is 2.35. The summed E-state index contributed by atoms with van der Waals surface area (Å²) in [6.07, 6.45) is 4.56. The van der Waals surface area contributed by atoms with Gasteiger partial charge in [-0.25, -0.2) is 9.48 Å². The first kappa shape index (κ1) is 16.8. The Morgan fingerprint density at radius 2 is 1.72 bits per heavy atom. The SMILES string of the molecule is Cc1ccc(N2C[C@](O)(c3ccc(Br)cc3)[N+]3=C2CCCCC3)cc1. The molecule has 0 bridgehead atoms. The maximum absolute atomic E-state index is 11.7. The molecule has 0 radical (unpaired) electrons. The lowest BCUT2D eigenvalue weighted by Gasteiger charge is -2.23. The number of nitrogens with zero attached hydrogens (tertiary/aromatic N) is 2. The predicted octanol–water partition coefficient (Wildman–Crippen LogP) is 4.41. The van der Waals surface area contributed by atoms with Gasteiger partial charge in [-0.15, -0.1) is 0 Å². The smallest absolute Gasteiger partial charge is 0.271 e. The molecule has 2 heterocycles. The summed E-state index contributed by atoms with van der Waals surface area (Å²) in [6.45, 7) is 3.59. The van der Waals surface area contributed by atoms with Crippen LogP contribution in [0.15, 0.2) is 53.0 Å². The van der Waals surface area contributed by atoms with Gasteiger partial charge in [0.2, 0.25) is 0 Å². The zero-order valence-electron chi connectivity index (χ0n) is 14.6. The molecule has 3 nitrogen and oxygen atoms in total. The topological polar surface area (TPSA) is 26.5 Å². The van der Waals surface area contributed by atoms with E-state index in [4.69, 9.17) is 0 Å². The number of amidine groups is 1. The van der Waals surface area contributed by atoms with Crippen molar-refractivity contribution in [2.75, 3.05) is 18.0 Å². The van der Waals surface area contributed by atoms with Crippen LogP contribution >= 0.6 is 15.9 Å². The molecule has 2 aromatic rings. The zero-order valence-corrected chi connectivity index (χ0v) is 16.2. The third-order valence-corrected chi connectivity index (χ3v) is 5.91. The van der Waals surface area contributed by atoms with Crippen LogP contribution in [0.3, 0.4) is 0 Å².